The SMILES string of the molecule is OC1C(O)C(Cc2ccccc2)C(Cc2ccccc2)C(Cc2ccccc2)C1Cc1ccccc1. The molecular weight excluding hydrogens is 440 g/mol. The molecule has 0 radical (unpaired) electrons. The average molecular weight is 477 g/mol. The molecule has 1 aliphatic carbocycles. The van der Waals surface area contributed by atoms with Crippen LogP contribution >= 0.6 is 0 Å². The Balaban J connectivity index is 1.55. The first-order valence-electron chi connectivity index (χ1n) is 13.2. The van der Waals surface area contributed by atoms with Crippen LogP contribution in [0.3, 0.4) is 0 Å². The summed E-state index contributed by atoms with van der Waals surface area (Å²) in [5, 5.41) is 23.3. The summed E-state index contributed by atoms with van der Waals surface area (Å²) in [6.07, 6.45) is 1.79. The van der Waals surface area contributed by atoms with E-state index >= 15 is 0 Å². The van der Waals surface area contributed by atoms with Crippen LogP contribution in [0.1, 0.15) is 22.3 Å². The van der Waals surface area contributed by atoms with Gasteiger partial charge in [-0.3, -0.25) is 0 Å². The Hall–Kier alpha value is -3.20. The van der Waals surface area contributed by atoms with Crippen LogP contribution in [-0.2, 0) is 25.7 Å². The molecule has 6 unspecified atom stereocenters. The van der Waals surface area contributed by atoms with Gasteiger partial charge in [-0.15, -0.1) is 0 Å². The first kappa shape index (κ1) is 24.5. The molecule has 1 fully saturated rings. The van der Waals surface area contributed by atoms with Crippen molar-refractivity contribution in [3.63, 3.8) is 0 Å². The van der Waals surface area contributed by atoms with Crippen molar-refractivity contribution < 1.29 is 10.2 Å². The van der Waals surface area contributed by atoms with Crippen LogP contribution in [0.2, 0.25) is 0 Å². The predicted molar refractivity (Wildman–Crippen MR) is 147 cm³/mol. The Morgan fingerprint density at radius 1 is 0.333 bits per heavy atom. The van der Waals surface area contributed by atoms with Gasteiger partial charge in [0.25, 0.3) is 0 Å². The van der Waals surface area contributed by atoms with Gasteiger partial charge in [-0.25, -0.2) is 0 Å². The molecule has 1 aliphatic rings. The molecule has 36 heavy (non-hydrogen) atoms. The topological polar surface area (TPSA) is 40.5 Å². The third-order valence-corrected chi connectivity index (χ3v) is 8.13. The molecule has 0 aromatic heterocycles. The van der Waals surface area contributed by atoms with Gasteiger partial charge in [-0.2, -0.15) is 0 Å². The maximum absolute atomic E-state index is 11.6. The molecule has 4 aromatic rings. The van der Waals surface area contributed by atoms with Crippen LogP contribution in [-0.4, -0.2) is 22.4 Å². The normalized spacial score (nSPS) is 25.9. The molecular formula is C34H36O2. The standard InChI is InChI=1S/C34H36O2/c35-33-31(23-27-17-9-3-10-18-27)29(21-25-13-5-1-6-14-25)30(22-26-15-7-2-8-16-26)32(34(33)36)24-28-19-11-4-12-20-28/h1-20,29-36H,21-24H2. The monoisotopic (exact) mass is 476 g/mol. The van der Waals surface area contributed by atoms with Crippen molar-refractivity contribution in [1.29, 1.82) is 0 Å². The largest absolute Gasteiger partial charge is 0.390 e. The Morgan fingerprint density at radius 3 is 0.806 bits per heavy atom. The van der Waals surface area contributed by atoms with Crippen LogP contribution in [0, 0.1) is 23.7 Å². The lowest BCUT2D eigenvalue weighted by atomic mass is 9.58. The molecule has 0 heterocycles. The van der Waals surface area contributed by atoms with Crippen molar-refractivity contribution in [3.05, 3.63) is 144 Å². The van der Waals surface area contributed by atoms with Gasteiger partial charge in [-0.05, 0) is 71.6 Å². The molecule has 0 bridgehead atoms. The average Bonchev–Trinajstić information content (AvgIpc) is 2.93. The Labute approximate surface area is 215 Å². The summed E-state index contributed by atoms with van der Waals surface area (Å²) in [4.78, 5) is 0. The van der Waals surface area contributed by atoms with Gasteiger partial charge in [0.1, 0.15) is 0 Å². The van der Waals surface area contributed by atoms with Crippen molar-refractivity contribution in [2.75, 3.05) is 0 Å². The number of benzene rings is 4. The number of rotatable bonds is 8. The third-order valence-electron chi connectivity index (χ3n) is 8.13. The second-order valence-corrected chi connectivity index (χ2v) is 10.4. The fourth-order valence-corrected chi connectivity index (χ4v) is 6.34. The quantitative estimate of drug-likeness (QED) is 0.320. The highest BCUT2D eigenvalue weighted by molar-refractivity contribution is 5.23. The predicted octanol–water partition coefficient (Wildman–Crippen LogP) is 6.16. The van der Waals surface area contributed by atoms with Crippen molar-refractivity contribution >= 4 is 0 Å². The van der Waals surface area contributed by atoms with Crippen molar-refractivity contribution in [1.82, 2.24) is 0 Å². The van der Waals surface area contributed by atoms with E-state index in [0.29, 0.717) is 0 Å². The summed E-state index contributed by atoms with van der Waals surface area (Å²) in [7, 11) is 0. The van der Waals surface area contributed by atoms with Crippen LogP contribution in [0.4, 0.5) is 0 Å². The van der Waals surface area contributed by atoms with Gasteiger partial charge in [0.15, 0.2) is 0 Å². The Bertz CT molecular complexity index is 1080. The minimum absolute atomic E-state index is 0.0247. The first-order chi connectivity index (χ1) is 17.7. The zero-order valence-electron chi connectivity index (χ0n) is 20.7. The van der Waals surface area contributed by atoms with E-state index in [2.05, 4.69) is 109 Å². The van der Waals surface area contributed by atoms with Crippen LogP contribution in [0.25, 0.3) is 0 Å². The minimum atomic E-state index is -0.764. The Kier molecular flexibility index (Phi) is 7.95. The van der Waals surface area contributed by atoms with E-state index in [1.807, 2.05) is 12.1 Å². The van der Waals surface area contributed by atoms with Crippen LogP contribution in [0.5, 0.6) is 0 Å². The first-order valence-corrected chi connectivity index (χ1v) is 13.2. The Morgan fingerprint density at radius 2 is 0.556 bits per heavy atom. The van der Waals surface area contributed by atoms with Gasteiger partial charge < -0.3 is 10.2 Å². The molecule has 2 N–H and O–H groups in total. The van der Waals surface area contributed by atoms with E-state index in [0.717, 1.165) is 25.7 Å². The number of aliphatic hydroxyl groups is 2. The van der Waals surface area contributed by atoms with Gasteiger partial charge in [-0.1, -0.05) is 121 Å². The maximum atomic E-state index is 11.6. The highest BCUT2D eigenvalue weighted by Crippen LogP contribution is 2.45. The van der Waals surface area contributed by atoms with E-state index in [1.54, 1.807) is 0 Å². The summed E-state index contributed by atoms with van der Waals surface area (Å²) in [5.41, 5.74) is 5.01. The molecule has 4 aromatic carbocycles. The molecule has 2 nitrogen and oxygen atoms in total. The number of hydrogen-bond acceptors (Lipinski definition) is 2. The second-order valence-electron chi connectivity index (χ2n) is 10.4. The van der Waals surface area contributed by atoms with Crippen molar-refractivity contribution in [2.45, 2.75) is 37.9 Å². The molecule has 0 aliphatic heterocycles. The molecule has 0 amide bonds. The minimum Gasteiger partial charge on any atom is -0.390 e. The fourth-order valence-electron chi connectivity index (χ4n) is 6.34. The lowest BCUT2D eigenvalue weighted by molar-refractivity contribution is -0.126. The summed E-state index contributed by atoms with van der Waals surface area (Å²) >= 11 is 0. The summed E-state index contributed by atoms with van der Waals surface area (Å²) < 4.78 is 0. The molecule has 6 atom stereocenters. The summed E-state index contributed by atoms with van der Waals surface area (Å²) in [6, 6.07) is 42.2. The molecule has 0 saturated heterocycles. The highest BCUT2D eigenvalue weighted by Gasteiger charge is 2.48. The molecule has 5 rings (SSSR count). The van der Waals surface area contributed by atoms with Gasteiger partial charge in [0.05, 0.1) is 12.2 Å². The molecule has 1 saturated carbocycles. The second kappa shape index (κ2) is 11.7. The fraction of sp³-hybridized carbons (Fsp3) is 0.294. The van der Waals surface area contributed by atoms with E-state index in [1.165, 1.54) is 22.3 Å². The highest BCUT2D eigenvalue weighted by atomic mass is 16.3. The van der Waals surface area contributed by atoms with Crippen LogP contribution < -0.4 is 0 Å². The van der Waals surface area contributed by atoms with Gasteiger partial charge in [0.2, 0.25) is 0 Å². The molecule has 2 heteroatoms. The zero-order chi connectivity index (χ0) is 24.7. The lowest BCUT2D eigenvalue weighted by Crippen LogP contribution is -2.55. The lowest BCUT2D eigenvalue weighted by Gasteiger charge is -2.49. The summed E-state index contributed by atoms with van der Waals surface area (Å²) in [6.45, 7) is 0. The van der Waals surface area contributed by atoms with E-state index in [4.69, 9.17) is 0 Å². The van der Waals surface area contributed by atoms with Gasteiger partial charge in [0, 0.05) is 0 Å². The van der Waals surface area contributed by atoms with Crippen LogP contribution in [0.15, 0.2) is 121 Å². The summed E-state index contributed by atoms with van der Waals surface area (Å²) in [5.74, 6) is 0.423. The number of aliphatic hydroxyl groups excluding tert-OH is 2. The van der Waals surface area contributed by atoms with Crippen molar-refractivity contribution in [2.24, 2.45) is 23.7 Å². The molecule has 0 spiro atoms. The van der Waals surface area contributed by atoms with Crippen molar-refractivity contribution in [3.8, 4) is 0 Å². The van der Waals surface area contributed by atoms with E-state index in [9.17, 15) is 10.2 Å². The van der Waals surface area contributed by atoms with E-state index < -0.39 is 12.2 Å². The molecule has 184 valence electrons. The zero-order valence-corrected chi connectivity index (χ0v) is 20.7. The number of hydrogen-bond donors (Lipinski definition) is 2. The third kappa shape index (κ3) is 5.78. The smallest absolute Gasteiger partial charge is 0.0836 e. The van der Waals surface area contributed by atoms with E-state index in [-0.39, 0.29) is 23.7 Å². The van der Waals surface area contributed by atoms with Gasteiger partial charge >= 0.3 is 0 Å². The maximum Gasteiger partial charge on any atom is 0.0836 e.